The summed E-state index contributed by atoms with van der Waals surface area (Å²) in [6.45, 7) is 0.223. The number of rotatable bonds is 4. The molecule has 2 aromatic carbocycles. The third kappa shape index (κ3) is 3.36. The van der Waals surface area contributed by atoms with Gasteiger partial charge < -0.3 is 10.2 Å². The van der Waals surface area contributed by atoms with Gasteiger partial charge in [0.2, 0.25) is 5.91 Å². The third-order valence-electron chi connectivity index (χ3n) is 2.98. The van der Waals surface area contributed by atoms with E-state index in [1.807, 2.05) is 30.3 Å². The lowest BCUT2D eigenvalue weighted by Gasteiger charge is -2.18. The maximum atomic E-state index is 12.1. The normalized spacial score (nSPS) is 9.60. The molecule has 0 unspecified atom stereocenters. The van der Waals surface area contributed by atoms with Crippen molar-refractivity contribution in [2.24, 2.45) is 0 Å². The van der Waals surface area contributed by atoms with Crippen LogP contribution in [0.3, 0.4) is 0 Å². The van der Waals surface area contributed by atoms with E-state index in [2.05, 4.69) is 11.4 Å². The Kier molecular flexibility index (Phi) is 4.35. The Balaban J connectivity index is 1.96. The minimum absolute atomic E-state index is 0.0430. The zero-order valence-electron chi connectivity index (χ0n) is 11.2. The summed E-state index contributed by atoms with van der Waals surface area (Å²) in [5.41, 5.74) is 2.26. The predicted molar refractivity (Wildman–Crippen MR) is 79.5 cm³/mol. The molecular formula is C16H15N3O. The second-order valence-electron chi connectivity index (χ2n) is 4.33. The van der Waals surface area contributed by atoms with E-state index in [1.54, 1.807) is 36.2 Å². The predicted octanol–water partition coefficient (Wildman–Crippen LogP) is 2.63. The number of benzene rings is 2. The Hall–Kier alpha value is -2.80. The van der Waals surface area contributed by atoms with Crippen LogP contribution in [0.5, 0.6) is 0 Å². The van der Waals surface area contributed by atoms with Crippen LogP contribution in [0.1, 0.15) is 5.56 Å². The highest BCUT2D eigenvalue weighted by molar-refractivity contribution is 5.95. The number of para-hydroxylation sites is 1. The van der Waals surface area contributed by atoms with Gasteiger partial charge in [-0.1, -0.05) is 18.2 Å². The summed E-state index contributed by atoms with van der Waals surface area (Å²) < 4.78 is 0. The Morgan fingerprint density at radius 2 is 1.80 bits per heavy atom. The molecule has 0 heterocycles. The molecule has 0 radical (unpaired) electrons. The van der Waals surface area contributed by atoms with Crippen molar-refractivity contribution in [2.75, 3.05) is 23.8 Å². The molecule has 0 aliphatic carbocycles. The summed E-state index contributed by atoms with van der Waals surface area (Å²) in [5.74, 6) is -0.0430. The maximum absolute atomic E-state index is 12.1. The lowest BCUT2D eigenvalue weighted by atomic mass is 10.2. The van der Waals surface area contributed by atoms with Crippen molar-refractivity contribution in [3.05, 3.63) is 60.2 Å². The molecular weight excluding hydrogens is 250 g/mol. The molecule has 1 amide bonds. The van der Waals surface area contributed by atoms with Gasteiger partial charge in [0.1, 0.15) is 0 Å². The van der Waals surface area contributed by atoms with Crippen LogP contribution in [0.25, 0.3) is 0 Å². The van der Waals surface area contributed by atoms with Gasteiger partial charge in [0.05, 0.1) is 18.2 Å². The van der Waals surface area contributed by atoms with E-state index < -0.39 is 0 Å². The molecule has 0 fully saturated rings. The number of nitrogens with one attached hydrogen (secondary N) is 1. The number of amides is 1. The highest BCUT2D eigenvalue weighted by Crippen LogP contribution is 2.14. The fraction of sp³-hybridized carbons (Fsp3) is 0.125. The average Bonchev–Trinajstić information content (AvgIpc) is 2.53. The maximum Gasteiger partial charge on any atom is 0.246 e. The third-order valence-corrected chi connectivity index (χ3v) is 2.98. The monoisotopic (exact) mass is 265 g/mol. The Labute approximate surface area is 118 Å². The van der Waals surface area contributed by atoms with Gasteiger partial charge in [0.15, 0.2) is 0 Å². The molecule has 0 saturated carbocycles. The quantitative estimate of drug-likeness (QED) is 0.924. The van der Waals surface area contributed by atoms with Crippen molar-refractivity contribution in [3.8, 4) is 6.07 Å². The first-order chi connectivity index (χ1) is 9.70. The second kappa shape index (κ2) is 6.39. The minimum atomic E-state index is -0.0430. The van der Waals surface area contributed by atoms with Gasteiger partial charge in [0.25, 0.3) is 0 Å². The first-order valence-electron chi connectivity index (χ1n) is 6.26. The van der Waals surface area contributed by atoms with E-state index in [-0.39, 0.29) is 12.5 Å². The number of hydrogen-bond donors (Lipinski definition) is 1. The largest absolute Gasteiger partial charge is 0.376 e. The summed E-state index contributed by atoms with van der Waals surface area (Å²) in [7, 11) is 1.72. The highest BCUT2D eigenvalue weighted by Gasteiger charge is 2.10. The van der Waals surface area contributed by atoms with E-state index in [0.29, 0.717) is 5.56 Å². The standard InChI is InChI=1S/C16H15N3O/c1-19(15-9-7-13(11-17)8-10-15)16(20)12-18-14-5-3-2-4-6-14/h2-10,18H,12H2,1H3. The number of hydrogen-bond acceptors (Lipinski definition) is 3. The average molecular weight is 265 g/mol. The molecule has 4 heteroatoms. The Morgan fingerprint density at radius 3 is 2.40 bits per heavy atom. The van der Waals surface area contributed by atoms with Crippen LogP contribution in [0.15, 0.2) is 54.6 Å². The number of nitriles is 1. The molecule has 0 atom stereocenters. The van der Waals surface area contributed by atoms with Gasteiger partial charge in [0, 0.05) is 18.4 Å². The topological polar surface area (TPSA) is 56.1 Å². The Morgan fingerprint density at radius 1 is 1.15 bits per heavy atom. The summed E-state index contributed by atoms with van der Waals surface area (Å²) in [5, 5.41) is 11.8. The van der Waals surface area contributed by atoms with E-state index >= 15 is 0 Å². The molecule has 100 valence electrons. The molecule has 4 nitrogen and oxygen atoms in total. The van der Waals surface area contributed by atoms with Crippen molar-refractivity contribution in [3.63, 3.8) is 0 Å². The lowest BCUT2D eigenvalue weighted by Crippen LogP contribution is -2.32. The minimum Gasteiger partial charge on any atom is -0.376 e. The molecule has 0 saturated heterocycles. The van der Waals surface area contributed by atoms with Crippen molar-refractivity contribution in [2.45, 2.75) is 0 Å². The van der Waals surface area contributed by atoms with Crippen LogP contribution in [0, 0.1) is 11.3 Å². The van der Waals surface area contributed by atoms with Crippen LogP contribution in [-0.4, -0.2) is 19.5 Å². The molecule has 2 rings (SSSR count). The van der Waals surface area contributed by atoms with Crippen LogP contribution < -0.4 is 10.2 Å². The van der Waals surface area contributed by atoms with Crippen molar-refractivity contribution in [1.29, 1.82) is 5.26 Å². The molecule has 0 aromatic heterocycles. The summed E-state index contributed by atoms with van der Waals surface area (Å²) in [6, 6.07) is 18.6. The number of carbonyl (C=O) groups excluding carboxylic acids is 1. The van der Waals surface area contributed by atoms with Crippen LogP contribution in [0.4, 0.5) is 11.4 Å². The van der Waals surface area contributed by atoms with Crippen molar-refractivity contribution >= 4 is 17.3 Å². The SMILES string of the molecule is CN(C(=O)CNc1ccccc1)c1ccc(C#N)cc1. The summed E-state index contributed by atoms with van der Waals surface area (Å²) in [6.07, 6.45) is 0. The summed E-state index contributed by atoms with van der Waals surface area (Å²) in [4.78, 5) is 13.6. The highest BCUT2D eigenvalue weighted by atomic mass is 16.2. The van der Waals surface area contributed by atoms with Gasteiger partial charge in [-0.3, -0.25) is 4.79 Å². The fourth-order valence-corrected chi connectivity index (χ4v) is 1.76. The van der Waals surface area contributed by atoms with Gasteiger partial charge >= 0.3 is 0 Å². The molecule has 0 aliphatic heterocycles. The van der Waals surface area contributed by atoms with E-state index in [9.17, 15) is 4.79 Å². The zero-order chi connectivity index (χ0) is 14.4. The molecule has 2 aromatic rings. The van der Waals surface area contributed by atoms with Gasteiger partial charge in [-0.2, -0.15) is 5.26 Å². The number of nitrogens with zero attached hydrogens (tertiary/aromatic N) is 2. The van der Waals surface area contributed by atoms with Crippen molar-refractivity contribution in [1.82, 2.24) is 0 Å². The number of anilines is 2. The zero-order valence-corrected chi connectivity index (χ0v) is 11.2. The Bertz CT molecular complexity index is 614. The molecule has 0 bridgehead atoms. The first kappa shape index (κ1) is 13.6. The lowest BCUT2D eigenvalue weighted by molar-refractivity contribution is -0.116. The van der Waals surface area contributed by atoms with Gasteiger partial charge in [-0.15, -0.1) is 0 Å². The molecule has 1 N–H and O–H groups in total. The first-order valence-corrected chi connectivity index (χ1v) is 6.26. The van der Waals surface area contributed by atoms with Gasteiger partial charge in [-0.05, 0) is 36.4 Å². The number of carbonyl (C=O) groups is 1. The number of likely N-dealkylation sites (N-methyl/N-ethyl adjacent to an activating group) is 1. The second-order valence-corrected chi connectivity index (χ2v) is 4.33. The van der Waals surface area contributed by atoms with Crippen LogP contribution in [0.2, 0.25) is 0 Å². The fourth-order valence-electron chi connectivity index (χ4n) is 1.76. The van der Waals surface area contributed by atoms with Gasteiger partial charge in [-0.25, -0.2) is 0 Å². The van der Waals surface area contributed by atoms with E-state index in [1.165, 1.54) is 0 Å². The molecule has 20 heavy (non-hydrogen) atoms. The molecule has 0 spiro atoms. The summed E-state index contributed by atoms with van der Waals surface area (Å²) >= 11 is 0. The van der Waals surface area contributed by atoms with E-state index in [0.717, 1.165) is 11.4 Å². The van der Waals surface area contributed by atoms with E-state index in [4.69, 9.17) is 5.26 Å². The van der Waals surface area contributed by atoms with Crippen LogP contribution >= 0.6 is 0 Å². The van der Waals surface area contributed by atoms with Crippen molar-refractivity contribution < 1.29 is 4.79 Å². The smallest absolute Gasteiger partial charge is 0.246 e. The molecule has 0 aliphatic rings. The van der Waals surface area contributed by atoms with Crippen LogP contribution in [-0.2, 0) is 4.79 Å².